The number of hydrogen-bond acceptors (Lipinski definition) is 6. The minimum absolute atomic E-state index is 0.0304. The van der Waals surface area contributed by atoms with E-state index in [4.69, 9.17) is 10.1 Å². The zero-order chi connectivity index (χ0) is 19.7. The molecule has 0 saturated carbocycles. The lowest BCUT2D eigenvalue weighted by molar-refractivity contribution is 0.0597. The Balaban J connectivity index is 1.91. The second-order valence-corrected chi connectivity index (χ2v) is 6.29. The van der Waals surface area contributed by atoms with E-state index in [1.165, 1.54) is 17.6 Å². The number of methoxy groups -OCH3 is 1. The Morgan fingerprint density at radius 1 is 1.25 bits per heavy atom. The third kappa shape index (κ3) is 2.96. The van der Waals surface area contributed by atoms with Gasteiger partial charge in [-0.05, 0) is 24.6 Å². The summed E-state index contributed by atoms with van der Waals surface area (Å²) in [5, 5.41) is 8.75. The second kappa shape index (κ2) is 7.10. The lowest BCUT2D eigenvalue weighted by Gasteiger charge is -2.14. The van der Waals surface area contributed by atoms with Gasteiger partial charge in [0, 0.05) is 31.7 Å². The highest BCUT2D eigenvalue weighted by Crippen LogP contribution is 2.11. The molecule has 4 aromatic heterocycles. The van der Waals surface area contributed by atoms with E-state index in [9.17, 15) is 9.59 Å². The lowest BCUT2D eigenvalue weighted by Crippen LogP contribution is -2.31. The summed E-state index contributed by atoms with van der Waals surface area (Å²) in [4.78, 5) is 33.7. The number of carbonyl (C=O) groups is 1. The number of esters is 1. The summed E-state index contributed by atoms with van der Waals surface area (Å²) in [6, 6.07) is 6.65. The third-order valence-corrected chi connectivity index (χ3v) is 4.58. The van der Waals surface area contributed by atoms with Crippen LogP contribution in [0.1, 0.15) is 16.8 Å². The van der Waals surface area contributed by atoms with Crippen molar-refractivity contribution >= 4 is 22.6 Å². The minimum atomic E-state index is -0.659. The molecule has 0 fully saturated rings. The van der Waals surface area contributed by atoms with Gasteiger partial charge in [0.05, 0.1) is 18.8 Å². The van der Waals surface area contributed by atoms with Crippen LogP contribution in [0.2, 0.25) is 0 Å². The Morgan fingerprint density at radius 2 is 2.11 bits per heavy atom. The number of hydrogen-bond donors (Lipinski definition) is 1. The molecule has 9 heteroatoms. The fourth-order valence-corrected chi connectivity index (χ4v) is 3.20. The first-order valence-corrected chi connectivity index (χ1v) is 8.74. The fraction of sp³-hybridized carbons (Fsp3) is 0.211. The van der Waals surface area contributed by atoms with Crippen molar-refractivity contribution in [1.29, 1.82) is 5.41 Å². The summed E-state index contributed by atoms with van der Waals surface area (Å²) in [5.74, 6) is -0.659. The molecule has 0 atom stereocenters. The van der Waals surface area contributed by atoms with Crippen LogP contribution in [0.15, 0.2) is 54.0 Å². The molecule has 0 aliphatic carbocycles. The van der Waals surface area contributed by atoms with Gasteiger partial charge in [0.15, 0.2) is 0 Å². The van der Waals surface area contributed by atoms with Gasteiger partial charge in [0.2, 0.25) is 0 Å². The van der Waals surface area contributed by atoms with Crippen molar-refractivity contribution in [3.8, 4) is 0 Å². The van der Waals surface area contributed by atoms with Crippen LogP contribution < -0.4 is 11.0 Å². The number of carbonyl (C=O) groups excluding carboxylic acids is 1. The standard InChI is InChI=1S/C19H18N6O3/c1-28-19(27)13-11-14-17(22-15-5-2-3-8-24(15)18(14)26)25(16(13)20)9-4-7-23-10-6-21-12-23/h2-3,5-6,8,10-12,20H,4,7,9H2,1H3. The first-order valence-electron chi connectivity index (χ1n) is 8.74. The van der Waals surface area contributed by atoms with Crippen molar-refractivity contribution in [2.24, 2.45) is 0 Å². The number of pyridine rings is 2. The van der Waals surface area contributed by atoms with Crippen LogP contribution in [0.5, 0.6) is 0 Å². The Hall–Kier alpha value is -3.75. The number of nitrogens with zero attached hydrogens (tertiary/aromatic N) is 5. The van der Waals surface area contributed by atoms with E-state index in [0.29, 0.717) is 30.8 Å². The van der Waals surface area contributed by atoms with Gasteiger partial charge >= 0.3 is 5.97 Å². The summed E-state index contributed by atoms with van der Waals surface area (Å²) in [6.45, 7) is 1.09. The largest absolute Gasteiger partial charge is 0.465 e. The van der Waals surface area contributed by atoms with E-state index in [0.717, 1.165) is 0 Å². The first-order chi connectivity index (χ1) is 13.6. The van der Waals surface area contributed by atoms with Crippen molar-refractivity contribution in [1.82, 2.24) is 23.5 Å². The molecule has 4 aromatic rings. The Morgan fingerprint density at radius 3 is 2.86 bits per heavy atom. The molecule has 142 valence electrons. The number of ether oxygens (including phenoxy) is 1. The second-order valence-electron chi connectivity index (χ2n) is 6.29. The number of rotatable bonds is 5. The maximum Gasteiger partial charge on any atom is 0.341 e. The highest BCUT2D eigenvalue weighted by atomic mass is 16.5. The Kier molecular flexibility index (Phi) is 4.48. The third-order valence-electron chi connectivity index (χ3n) is 4.58. The van der Waals surface area contributed by atoms with Gasteiger partial charge in [-0.2, -0.15) is 0 Å². The highest BCUT2D eigenvalue weighted by Gasteiger charge is 2.17. The molecule has 0 aliphatic heterocycles. The number of nitrogens with one attached hydrogen (secondary N) is 1. The van der Waals surface area contributed by atoms with E-state index in [-0.39, 0.29) is 22.0 Å². The van der Waals surface area contributed by atoms with Crippen LogP contribution in [0.25, 0.3) is 16.7 Å². The number of aryl methyl sites for hydroxylation is 2. The summed E-state index contributed by atoms with van der Waals surface area (Å²) < 4.78 is 9.73. The van der Waals surface area contributed by atoms with Crippen LogP contribution in [-0.2, 0) is 17.8 Å². The normalized spacial score (nSPS) is 11.2. The highest BCUT2D eigenvalue weighted by molar-refractivity contribution is 5.93. The topological polar surface area (TPSA) is 107 Å². The molecule has 28 heavy (non-hydrogen) atoms. The van der Waals surface area contributed by atoms with Gasteiger partial charge in [-0.1, -0.05) is 6.07 Å². The first kappa shape index (κ1) is 17.7. The molecular weight excluding hydrogens is 360 g/mol. The molecule has 0 unspecified atom stereocenters. The van der Waals surface area contributed by atoms with Crippen LogP contribution in [-0.4, -0.2) is 36.6 Å². The maximum absolute atomic E-state index is 13.0. The molecule has 0 amide bonds. The number of fused-ring (bicyclic) bond motifs is 2. The molecular formula is C19H18N6O3. The SMILES string of the molecule is COC(=O)c1cc2c(=O)n3ccccc3nc2n(CCCn2ccnc2)c1=N. The van der Waals surface area contributed by atoms with Crippen LogP contribution in [0.4, 0.5) is 0 Å². The predicted molar refractivity (Wildman–Crippen MR) is 101 cm³/mol. The number of aromatic nitrogens is 5. The fourth-order valence-electron chi connectivity index (χ4n) is 3.20. The summed E-state index contributed by atoms with van der Waals surface area (Å²) >= 11 is 0. The Bertz CT molecular complexity index is 1290. The van der Waals surface area contributed by atoms with E-state index in [1.54, 1.807) is 41.5 Å². The van der Waals surface area contributed by atoms with Crippen molar-refractivity contribution in [3.05, 3.63) is 70.6 Å². The zero-order valence-corrected chi connectivity index (χ0v) is 15.2. The van der Waals surface area contributed by atoms with Gasteiger partial charge in [-0.15, -0.1) is 0 Å². The molecule has 4 rings (SSSR count). The van der Waals surface area contributed by atoms with Crippen molar-refractivity contribution in [3.63, 3.8) is 0 Å². The van der Waals surface area contributed by atoms with Crippen LogP contribution in [0.3, 0.4) is 0 Å². The average Bonchev–Trinajstić information content (AvgIpc) is 3.23. The molecule has 4 heterocycles. The lowest BCUT2D eigenvalue weighted by atomic mass is 10.2. The monoisotopic (exact) mass is 378 g/mol. The van der Waals surface area contributed by atoms with E-state index in [2.05, 4.69) is 9.97 Å². The zero-order valence-electron chi connectivity index (χ0n) is 15.2. The molecule has 0 aromatic carbocycles. The molecule has 0 saturated heterocycles. The van der Waals surface area contributed by atoms with Gasteiger partial charge in [0.1, 0.15) is 22.3 Å². The molecule has 1 N–H and O–H groups in total. The smallest absolute Gasteiger partial charge is 0.341 e. The molecule has 0 aliphatic rings. The summed E-state index contributed by atoms with van der Waals surface area (Å²) in [7, 11) is 1.25. The predicted octanol–water partition coefficient (Wildman–Crippen LogP) is 1.20. The van der Waals surface area contributed by atoms with Gasteiger partial charge in [0.25, 0.3) is 5.56 Å². The van der Waals surface area contributed by atoms with Crippen LogP contribution in [0, 0.1) is 5.41 Å². The van der Waals surface area contributed by atoms with Crippen molar-refractivity contribution < 1.29 is 9.53 Å². The molecule has 9 nitrogen and oxygen atoms in total. The van der Waals surface area contributed by atoms with Gasteiger partial charge < -0.3 is 13.9 Å². The Labute approximate surface area is 159 Å². The quantitative estimate of drug-likeness (QED) is 0.415. The van der Waals surface area contributed by atoms with Crippen molar-refractivity contribution in [2.75, 3.05) is 7.11 Å². The minimum Gasteiger partial charge on any atom is -0.465 e. The van der Waals surface area contributed by atoms with E-state index in [1.807, 2.05) is 10.8 Å². The average molecular weight is 378 g/mol. The maximum atomic E-state index is 13.0. The summed E-state index contributed by atoms with van der Waals surface area (Å²) in [5.41, 5.74) is 0.562. The van der Waals surface area contributed by atoms with E-state index >= 15 is 0 Å². The van der Waals surface area contributed by atoms with Gasteiger partial charge in [-0.3, -0.25) is 14.6 Å². The molecule has 0 radical (unpaired) electrons. The molecule has 0 bridgehead atoms. The van der Waals surface area contributed by atoms with Crippen LogP contribution >= 0.6 is 0 Å². The molecule has 0 spiro atoms. The van der Waals surface area contributed by atoms with Gasteiger partial charge in [-0.25, -0.2) is 14.8 Å². The summed E-state index contributed by atoms with van der Waals surface area (Å²) in [6.07, 6.45) is 7.56. The van der Waals surface area contributed by atoms with E-state index < -0.39 is 5.97 Å². The van der Waals surface area contributed by atoms with Crippen molar-refractivity contribution in [2.45, 2.75) is 19.5 Å². The number of imidazole rings is 1.